The molecule has 0 heterocycles. The van der Waals surface area contributed by atoms with Gasteiger partial charge >= 0.3 is 0 Å². The summed E-state index contributed by atoms with van der Waals surface area (Å²) in [6, 6.07) is 10.0. The zero-order valence-electron chi connectivity index (χ0n) is 3.26. The van der Waals surface area contributed by atoms with Gasteiger partial charge in [-0.05, 0) is 0 Å². The molecule has 0 unspecified atom stereocenters. The molecular weight excluding hydrogens is 246 g/mol. The molecule has 0 aromatic heterocycles. The van der Waals surface area contributed by atoms with E-state index in [1.165, 1.54) is 0 Å². The second kappa shape index (κ2) is 3.21. The van der Waals surface area contributed by atoms with E-state index in [0.717, 1.165) is 0 Å². The van der Waals surface area contributed by atoms with Gasteiger partial charge in [0.25, 0.3) is 0 Å². The van der Waals surface area contributed by atoms with E-state index in [2.05, 4.69) is 0 Å². The molecule has 1 radical (unpaired) electrons. The van der Waals surface area contributed by atoms with E-state index in [-0.39, 0.29) is 20.4 Å². The monoisotopic (exact) mass is 252 g/mol. The van der Waals surface area contributed by atoms with Crippen molar-refractivity contribution < 1.29 is 20.4 Å². The smallest absolute Gasteiger partial charge is 0 e. The van der Waals surface area contributed by atoms with E-state index in [1.54, 1.807) is 0 Å². The summed E-state index contributed by atoms with van der Waals surface area (Å²) in [7, 11) is 0. The fourth-order valence-electron chi connectivity index (χ4n) is 0.321. The summed E-state index contributed by atoms with van der Waals surface area (Å²) in [5, 5.41) is 0. The number of rotatable bonds is 0. The van der Waals surface area contributed by atoms with E-state index in [1.807, 2.05) is 30.3 Å². The molecule has 0 amide bonds. The molecule has 1 heteroatoms. The summed E-state index contributed by atoms with van der Waals surface area (Å²) < 4.78 is 0. The van der Waals surface area contributed by atoms with Crippen molar-refractivity contribution in [2.45, 2.75) is 0 Å². The molecule has 1 aromatic carbocycles. The third-order valence-electron chi connectivity index (χ3n) is 0.556. The Labute approximate surface area is 51.2 Å². The Balaban J connectivity index is 0.000000250. The van der Waals surface area contributed by atoms with Crippen LogP contribution in [0.2, 0.25) is 0 Å². The molecule has 0 aliphatic heterocycles. The minimum Gasteiger partial charge on any atom is -0.214 e. The van der Waals surface area contributed by atoms with Crippen LogP contribution in [0.3, 0.4) is 0 Å². The summed E-state index contributed by atoms with van der Waals surface area (Å²) in [6.07, 6.45) is 0. The molecule has 0 aliphatic rings. The van der Waals surface area contributed by atoms with Crippen LogP contribution in [0, 0.1) is 0 Å². The number of hydrogen-bond donors (Lipinski definition) is 0. The average Bonchev–Trinajstić information content (AvgIpc) is 1.76. The summed E-state index contributed by atoms with van der Waals surface area (Å²) >= 11 is 0. The van der Waals surface area contributed by atoms with Crippen LogP contribution in [0.1, 0.15) is 0 Å². The Morgan fingerprint density at radius 2 is 1.50 bits per heavy atom. The minimum absolute atomic E-state index is 0. The van der Waals surface area contributed by atoms with Gasteiger partial charge in [-0.1, -0.05) is 0 Å². The van der Waals surface area contributed by atoms with Crippen LogP contribution in [0.5, 0.6) is 0 Å². The van der Waals surface area contributed by atoms with E-state index in [0.29, 0.717) is 0 Å². The molecule has 33 valence electrons. The zero-order valence-corrected chi connectivity index (χ0v) is 5.98. The maximum Gasteiger partial charge on any atom is 0 e. The number of hydrogen-bond acceptors (Lipinski definition) is 0. The van der Waals surface area contributed by atoms with Crippen LogP contribution in [-0.4, -0.2) is 0 Å². The van der Waals surface area contributed by atoms with Gasteiger partial charge in [-0.25, -0.2) is 12.1 Å². The maximum absolute atomic E-state index is 2.00. The van der Waals surface area contributed by atoms with E-state index >= 15 is 0 Å². The van der Waals surface area contributed by atoms with Crippen molar-refractivity contribution in [2.75, 3.05) is 0 Å². The van der Waals surface area contributed by atoms with Gasteiger partial charge in [0, 0.05) is 20.4 Å². The van der Waals surface area contributed by atoms with Crippen LogP contribution in [0.15, 0.2) is 30.3 Å². The van der Waals surface area contributed by atoms with Gasteiger partial charge in [0.05, 0.1) is 0 Å². The van der Waals surface area contributed by atoms with Crippen LogP contribution in [0.4, 0.5) is 0 Å². The Morgan fingerprint density at radius 3 is 1.67 bits per heavy atom. The van der Waals surface area contributed by atoms with Crippen molar-refractivity contribution in [3.63, 3.8) is 0 Å². The second-order valence-corrected chi connectivity index (χ2v) is 0.962. The zero-order chi connectivity index (χ0) is 3.54. The predicted molar refractivity (Wildman–Crippen MR) is 22.0 cm³/mol. The Hall–Kier alpha value is 0.0123. The largest absolute Gasteiger partial charge is 0.214 e. The maximum atomic E-state index is 2.00. The summed E-state index contributed by atoms with van der Waals surface area (Å²) in [5.74, 6) is 0. The molecule has 0 bridgehead atoms. The van der Waals surface area contributed by atoms with E-state index in [9.17, 15) is 0 Å². The molecule has 0 saturated heterocycles. The van der Waals surface area contributed by atoms with Crippen LogP contribution in [0.25, 0.3) is 0 Å². The van der Waals surface area contributed by atoms with Crippen molar-refractivity contribution >= 4 is 0 Å². The van der Waals surface area contributed by atoms with Gasteiger partial charge in [-0.2, -0.15) is 18.2 Å². The molecule has 0 aliphatic carbocycles. The van der Waals surface area contributed by atoms with E-state index < -0.39 is 0 Å². The molecule has 1 aromatic rings. The SMILES string of the molecule is [Re].c1cc[cH-]c1. The third-order valence-corrected chi connectivity index (χ3v) is 0.556. The molecule has 0 saturated carbocycles. The van der Waals surface area contributed by atoms with Crippen LogP contribution < -0.4 is 0 Å². The normalized spacial score (nSPS) is 6.67. The summed E-state index contributed by atoms with van der Waals surface area (Å²) in [5.41, 5.74) is 0. The average molecular weight is 251 g/mol. The van der Waals surface area contributed by atoms with Gasteiger partial charge in [0.1, 0.15) is 0 Å². The van der Waals surface area contributed by atoms with Crippen molar-refractivity contribution in [3.05, 3.63) is 30.3 Å². The Bertz CT molecular complexity index is 60.4. The van der Waals surface area contributed by atoms with Gasteiger partial charge < -0.3 is 0 Å². The van der Waals surface area contributed by atoms with Gasteiger partial charge in [-0.15, -0.1) is 0 Å². The quantitative estimate of drug-likeness (QED) is 0.612. The van der Waals surface area contributed by atoms with Crippen molar-refractivity contribution in [1.82, 2.24) is 0 Å². The fraction of sp³-hybridized carbons (Fsp3) is 0. The van der Waals surface area contributed by atoms with Crippen LogP contribution >= 0.6 is 0 Å². The third kappa shape index (κ3) is 1.45. The first-order chi connectivity index (χ1) is 2.50. The van der Waals surface area contributed by atoms with E-state index in [4.69, 9.17) is 0 Å². The molecule has 1 rings (SSSR count). The van der Waals surface area contributed by atoms with Gasteiger partial charge in [0.2, 0.25) is 0 Å². The Morgan fingerprint density at radius 1 is 1.00 bits per heavy atom. The summed E-state index contributed by atoms with van der Waals surface area (Å²) in [4.78, 5) is 0. The first-order valence-corrected chi connectivity index (χ1v) is 1.67. The van der Waals surface area contributed by atoms with Gasteiger partial charge in [-0.3, -0.25) is 0 Å². The molecule has 0 fully saturated rings. The topological polar surface area (TPSA) is 0 Å². The Kier molecular flexibility index (Phi) is 3.22. The minimum atomic E-state index is 0. The molecule has 0 N–H and O–H groups in total. The molecule has 0 atom stereocenters. The predicted octanol–water partition coefficient (Wildman–Crippen LogP) is 1.40. The van der Waals surface area contributed by atoms with Crippen LogP contribution in [-0.2, 0) is 20.4 Å². The molecule has 0 nitrogen and oxygen atoms in total. The molecule has 6 heavy (non-hydrogen) atoms. The van der Waals surface area contributed by atoms with Gasteiger partial charge in [0.15, 0.2) is 0 Å². The second-order valence-electron chi connectivity index (χ2n) is 0.962. The first-order valence-electron chi connectivity index (χ1n) is 1.67. The molecular formula is C5H5Re-. The summed E-state index contributed by atoms with van der Waals surface area (Å²) in [6.45, 7) is 0. The van der Waals surface area contributed by atoms with Crippen molar-refractivity contribution in [1.29, 1.82) is 0 Å². The first kappa shape index (κ1) is 6.01. The van der Waals surface area contributed by atoms with Crippen molar-refractivity contribution in [2.24, 2.45) is 0 Å². The fourth-order valence-corrected chi connectivity index (χ4v) is 0.321. The molecule has 0 spiro atoms. The van der Waals surface area contributed by atoms with Crippen molar-refractivity contribution in [3.8, 4) is 0 Å². The standard InChI is InChI=1S/C5H5.Re/c1-2-4-5-3-1;/h1-5H;/q-1;.